The maximum Gasteiger partial charge on any atom is 0.251 e. The lowest BCUT2D eigenvalue weighted by molar-refractivity contribution is 0.0162. The van der Waals surface area contributed by atoms with Crippen LogP contribution in [0.4, 0.5) is 0 Å². The molecule has 1 saturated heterocycles. The van der Waals surface area contributed by atoms with E-state index in [1.54, 1.807) is 12.1 Å². The smallest absolute Gasteiger partial charge is 0.251 e. The zero-order valence-corrected chi connectivity index (χ0v) is 17.8. The number of halogens is 1. The Morgan fingerprint density at radius 2 is 1.76 bits per heavy atom. The van der Waals surface area contributed by atoms with Gasteiger partial charge in [0, 0.05) is 30.2 Å². The molecule has 156 valence electrons. The van der Waals surface area contributed by atoms with Gasteiger partial charge in [0.1, 0.15) is 5.75 Å². The van der Waals surface area contributed by atoms with Crippen LogP contribution in [0, 0.1) is 5.92 Å². The summed E-state index contributed by atoms with van der Waals surface area (Å²) >= 11 is 6.05. The van der Waals surface area contributed by atoms with Crippen molar-refractivity contribution in [2.24, 2.45) is 5.92 Å². The van der Waals surface area contributed by atoms with Gasteiger partial charge < -0.3 is 14.8 Å². The molecule has 0 bridgehead atoms. The molecule has 1 heterocycles. The summed E-state index contributed by atoms with van der Waals surface area (Å²) in [5.74, 6) is 1.15. The predicted octanol–water partition coefficient (Wildman–Crippen LogP) is 4.18. The van der Waals surface area contributed by atoms with E-state index in [0.717, 1.165) is 24.4 Å². The normalized spacial score (nSPS) is 15.9. The minimum absolute atomic E-state index is 0.0776. The molecule has 2 aromatic carbocycles. The molecular formula is C23H29ClN2O3. The van der Waals surface area contributed by atoms with Crippen molar-refractivity contribution < 1.29 is 14.3 Å². The number of hydrogen-bond acceptors (Lipinski definition) is 4. The Labute approximate surface area is 177 Å². The Balaban J connectivity index is 1.63. The molecule has 1 fully saturated rings. The van der Waals surface area contributed by atoms with Gasteiger partial charge in [0.15, 0.2) is 0 Å². The molecule has 6 heteroatoms. The van der Waals surface area contributed by atoms with Gasteiger partial charge in [-0.05, 0) is 47.9 Å². The molecule has 0 radical (unpaired) electrons. The Bertz CT molecular complexity index is 772. The summed E-state index contributed by atoms with van der Waals surface area (Å²) in [6.07, 6.45) is 0. The van der Waals surface area contributed by atoms with Crippen LogP contribution in [-0.4, -0.2) is 50.3 Å². The highest BCUT2D eigenvalue weighted by molar-refractivity contribution is 6.30. The molecule has 0 spiro atoms. The first-order valence-corrected chi connectivity index (χ1v) is 10.5. The first-order valence-electron chi connectivity index (χ1n) is 10.1. The second-order valence-corrected chi connectivity index (χ2v) is 8.09. The summed E-state index contributed by atoms with van der Waals surface area (Å²) in [6, 6.07) is 15.2. The molecule has 0 aliphatic carbocycles. The summed E-state index contributed by atoms with van der Waals surface area (Å²) in [5.41, 5.74) is 1.76. The maximum atomic E-state index is 12.7. The predicted molar refractivity (Wildman–Crippen MR) is 116 cm³/mol. The molecule has 2 aromatic rings. The van der Waals surface area contributed by atoms with E-state index in [4.69, 9.17) is 21.1 Å². The second-order valence-electron chi connectivity index (χ2n) is 7.65. The van der Waals surface area contributed by atoms with E-state index in [1.165, 1.54) is 0 Å². The Morgan fingerprint density at radius 1 is 1.10 bits per heavy atom. The van der Waals surface area contributed by atoms with Crippen LogP contribution < -0.4 is 10.1 Å². The average molecular weight is 417 g/mol. The number of ether oxygens (including phenoxy) is 2. The number of carbonyl (C=O) groups is 1. The number of benzene rings is 2. The van der Waals surface area contributed by atoms with Crippen molar-refractivity contribution in [1.82, 2.24) is 10.2 Å². The number of amides is 1. The summed E-state index contributed by atoms with van der Waals surface area (Å²) in [5, 5.41) is 3.79. The molecule has 0 saturated carbocycles. The fourth-order valence-corrected chi connectivity index (χ4v) is 3.41. The summed E-state index contributed by atoms with van der Waals surface area (Å²) < 4.78 is 11.2. The first-order chi connectivity index (χ1) is 14.0. The largest absolute Gasteiger partial charge is 0.493 e. The van der Waals surface area contributed by atoms with Crippen molar-refractivity contribution in [3.63, 3.8) is 0 Å². The minimum Gasteiger partial charge on any atom is -0.493 e. The highest BCUT2D eigenvalue weighted by Crippen LogP contribution is 2.23. The lowest BCUT2D eigenvalue weighted by atomic mass is 10.0. The fourth-order valence-electron chi connectivity index (χ4n) is 3.29. The average Bonchev–Trinajstić information content (AvgIpc) is 2.74. The van der Waals surface area contributed by atoms with E-state index in [9.17, 15) is 4.79 Å². The Kier molecular flexibility index (Phi) is 7.92. The number of morpholine rings is 1. The van der Waals surface area contributed by atoms with E-state index >= 15 is 0 Å². The quantitative estimate of drug-likeness (QED) is 0.701. The van der Waals surface area contributed by atoms with Crippen LogP contribution in [0.1, 0.15) is 35.8 Å². The van der Waals surface area contributed by atoms with Crippen LogP contribution in [-0.2, 0) is 4.74 Å². The van der Waals surface area contributed by atoms with Gasteiger partial charge in [0.25, 0.3) is 5.91 Å². The highest BCUT2D eigenvalue weighted by atomic mass is 35.5. The Hall–Kier alpha value is -2.08. The third kappa shape index (κ3) is 6.46. The van der Waals surface area contributed by atoms with Crippen molar-refractivity contribution >= 4 is 17.5 Å². The molecular weight excluding hydrogens is 388 g/mol. The van der Waals surface area contributed by atoms with Crippen LogP contribution >= 0.6 is 11.6 Å². The summed E-state index contributed by atoms with van der Waals surface area (Å²) in [6.45, 7) is 8.47. The molecule has 1 unspecified atom stereocenters. The number of nitrogens with one attached hydrogen (secondary N) is 1. The third-order valence-corrected chi connectivity index (χ3v) is 5.15. The fraction of sp³-hybridized carbons (Fsp3) is 0.435. The number of carbonyl (C=O) groups excluding carboxylic acids is 1. The van der Waals surface area contributed by atoms with Crippen molar-refractivity contribution in [1.29, 1.82) is 0 Å². The zero-order chi connectivity index (χ0) is 20.6. The summed E-state index contributed by atoms with van der Waals surface area (Å²) in [4.78, 5) is 15.0. The monoisotopic (exact) mass is 416 g/mol. The van der Waals surface area contributed by atoms with Crippen molar-refractivity contribution in [3.05, 3.63) is 64.7 Å². The van der Waals surface area contributed by atoms with E-state index < -0.39 is 0 Å². The number of rotatable bonds is 8. The van der Waals surface area contributed by atoms with Gasteiger partial charge in [-0.1, -0.05) is 37.6 Å². The SMILES string of the molecule is CC(C)COc1ccc(C(=O)NCC(c2ccc(Cl)cc2)N2CCOCC2)cc1. The van der Waals surface area contributed by atoms with Crippen molar-refractivity contribution in [3.8, 4) is 5.75 Å². The molecule has 1 aliphatic rings. The molecule has 0 aromatic heterocycles. The van der Waals surface area contributed by atoms with E-state index in [0.29, 0.717) is 42.9 Å². The van der Waals surface area contributed by atoms with E-state index in [1.807, 2.05) is 36.4 Å². The molecule has 1 aliphatic heterocycles. The van der Waals surface area contributed by atoms with Gasteiger partial charge in [-0.3, -0.25) is 9.69 Å². The van der Waals surface area contributed by atoms with Gasteiger partial charge in [-0.2, -0.15) is 0 Å². The lowest BCUT2D eigenvalue weighted by Gasteiger charge is -2.35. The van der Waals surface area contributed by atoms with Crippen molar-refractivity contribution in [2.45, 2.75) is 19.9 Å². The van der Waals surface area contributed by atoms with E-state index in [2.05, 4.69) is 24.1 Å². The molecule has 1 atom stereocenters. The lowest BCUT2D eigenvalue weighted by Crippen LogP contribution is -2.43. The van der Waals surface area contributed by atoms with Crippen LogP contribution in [0.2, 0.25) is 5.02 Å². The molecule has 5 nitrogen and oxygen atoms in total. The molecule has 1 N–H and O–H groups in total. The zero-order valence-electron chi connectivity index (χ0n) is 17.1. The van der Waals surface area contributed by atoms with Gasteiger partial charge in [-0.25, -0.2) is 0 Å². The topological polar surface area (TPSA) is 50.8 Å². The standard InChI is InChI=1S/C23H29ClN2O3/c1-17(2)16-29-21-9-5-19(6-10-21)23(27)25-15-22(26-11-13-28-14-12-26)18-3-7-20(24)8-4-18/h3-10,17,22H,11-16H2,1-2H3,(H,25,27). The van der Waals surface area contributed by atoms with Crippen LogP contribution in [0.5, 0.6) is 5.75 Å². The van der Waals surface area contributed by atoms with Gasteiger partial charge in [0.05, 0.1) is 25.9 Å². The first kappa shape index (κ1) is 21.6. The third-order valence-electron chi connectivity index (χ3n) is 4.90. The van der Waals surface area contributed by atoms with Gasteiger partial charge in [-0.15, -0.1) is 0 Å². The molecule has 3 rings (SSSR count). The van der Waals surface area contributed by atoms with Crippen LogP contribution in [0.15, 0.2) is 48.5 Å². The minimum atomic E-state index is -0.0902. The highest BCUT2D eigenvalue weighted by Gasteiger charge is 2.23. The second kappa shape index (κ2) is 10.6. The molecule has 1 amide bonds. The molecule has 29 heavy (non-hydrogen) atoms. The van der Waals surface area contributed by atoms with Crippen LogP contribution in [0.3, 0.4) is 0 Å². The van der Waals surface area contributed by atoms with Crippen LogP contribution in [0.25, 0.3) is 0 Å². The Morgan fingerprint density at radius 3 is 2.38 bits per heavy atom. The number of nitrogens with zero attached hydrogens (tertiary/aromatic N) is 1. The van der Waals surface area contributed by atoms with Crippen molar-refractivity contribution in [2.75, 3.05) is 39.5 Å². The van der Waals surface area contributed by atoms with E-state index in [-0.39, 0.29) is 11.9 Å². The number of hydrogen-bond donors (Lipinski definition) is 1. The maximum absolute atomic E-state index is 12.7. The van der Waals surface area contributed by atoms with Gasteiger partial charge in [0.2, 0.25) is 0 Å². The summed E-state index contributed by atoms with van der Waals surface area (Å²) in [7, 11) is 0. The van der Waals surface area contributed by atoms with Gasteiger partial charge >= 0.3 is 0 Å².